The molecule has 22 heavy (non-hydrogen) atoms. The van der Waals surface area contributed by atoms with Crippen molar-refractivity contribution in [1.82, 2.24) is 5.32 Å². The van der Waals surface area contributed by atoms with E-state index in [0.29, 0.717) is 6.42 Å². The number of aliphatic carboxylic acids is 1. The molecular weight excluding hydrogens is 308 g/mol. The van der Waals surface area contributed by atoms with E-state index in [1.165, 1.54) is 11.8 Å². The fourth-order valence-corrected chi connectivity index (χ4v) is 3.00. The minimum Gasteiger partial charge on any atom is -0.480 e. The van der Waals surface area contributed by atoms with E-state index in [2.05, 4.69) is 12.2 Å². The molecule has 0 spiro atoms. The molecule has 5 N–H and O–H groups in total. The molecule has 3 unspecified atom stereocenters. The number of aliphatic hydroxyl groups is 1. The largest absolute Gasteiger partial charge is 0.480 e. The number of carboxylic acid groups (broad SMARTS) is 1. The van der Waals surface area contributed by atoms with E-state index in [1.807, 2.05) is 0 Å². The highest BCUT2D eigenvalue weighted by molar-refractivity contribution is 8.00. The second kappa shape index (κ2) is 12.4. The molecule has 128 valence electrons. The number of carbonyl (C=O) groups is 3. The summed E-state index contributed by atoms with van der Waals surface area (Å²) in [5, 5.41) is 20.5. The Morgan fingerprint density at radius 2 is 2.05 bits per heavy atom. The Hall–Kier alpha value is -1.12. The standard InChI is InChI=1S/C14H26N2O5S/c1-2-3-4-5-11(18)12(6-7-17)22-9-10(15)14(21)16-8-13(19)20/h7,10-12,18H,2-6,8-9,15H2,1H3,(H,16,21)(H,19,20). The first-order valence-corrected chi connectivity index (χ1v) is 8.45. The van der Waals surface area contributed by atoms with Gasteiger partial charge in [0, 0.05) is 17.4 Å². The summed E-state index contributed by atoms with van der Waals surface area (Å²) in [6.07, 6.45) is 3.90. The number of rotatable bonds is 13. The molecule has 0 aliphatic heterocycles. The summed E-state index contributed by atoms with van der Waals surface area (Å²) in [6, 6.07) is -0.874. The van der Waals surface area contributed by atoms with Crippen LogP contribution in [-0.4, -0.2) is 58.1 Å². The highest BCUT2D eigenvalue weighted by Gasteiger charge is 2.22. The molecule has 0 aromatic rings. The van der Waals surface area contributed by atoms with Gasteiger partial charge in [-0.2, -0.15) is 11.8 Å². The van der Waals surface area contributed by atoms with Crippen LogP contribution in [0.4, 0.5) is 0 Å². The highest BCUT2D eigenvalue weighted by atomic mass is 32.2. The van der Waals surface area contributed by atoms with Crippen LogP contribution in [0.2, 0.25) is 0 Å². The molecule has 0 aromatic carbocycles. The molecule has 0 fully saturated rings. The van der Waals surface area contributed by atoms with Gasteiger partial charge in [-0.15, -0.1) is 0 Å². The summed E-state index contributed by atoms with van der Waals surface area (Å²) in [5.41, 5.74) is 5.67. The summed E-state index contributed by atoms with van der Waals surface area (Å²) < 4.78 is 0. The van der Waals surface area contributed by atoms with Crippen molar-refractivity contribution in [2.24, 2.45) is 5.73 Å². The van der Waals surface area contributed by atoms with Gasteiger partial charge in [-0.1, -0.05) is 26.2 Å². The Labute approximate surface area is 135 Å². The Morgan fingerprint density at radius 3 is 2.59 bits per heavy atom. The van der Waals surface area contributed by atoms with Gasteiger partial charge in [-0.25, -0.2) is 0 Å². The summed E-state index contributed by atoms with van der Waals surface area (Å²) in [4.78, 5) is 32.6. The number of amides is 1. The predicted octanol–water partition coefficient (Wildman–Crippen LogP) is 0.147. The molecule has 0 heterocycles. The van der Waals surface area contributed by atoms with E-state index in [-0.39, 0.29) is 17.4 Å². The Morgan fingerprint density at radius 1 is 1.36 bits per heavy atom. The Kier molecular flexibility index (Phi) is 11.8. The Bertz CT molecular complexity index is 354. The first-order valence-electron chi connectivity index (χ1n) is 7.40. The molecule has 0 rings (SSSR count). The van der Waals surface area contributed by atoms with Crippen LogP contribution in [0, 0.1) is 0 Å². The van der Waals surface area contributed by atoms with Gasteiger partial charge in [0.1, 0.15) is 12.8 Å². The van der Waals surface area contributed by atoms with Gasteiger partial charge in [0.25, 0.3) is 0 Å². The molecular formula is C14H26N2O5S. The number of aliphatic hydroxyl groups excluding tert-OH is 1. The van der Waals surface area contributed by atoms with Crippen molar-refractivity contribution >= 4 is 29.9 Å². The van der Waals surface area contributed by atoms with Crippen LogP contribution in [-0.2, 0) is 14.4 Å². The molecule has 0 radical (unpaired) electrons. The molecule has 0 aromatic heterocycles. The minimum atomic E-state index is -1.14. The van der Waals surface area contributed by atoms with Crippen LogP contribution in [0.25, 0.3) is 0 Å². The third-order valence-electron chi connectivity index (χ3n) is 3.10. The van der Waals surface area contributed by atoms with E-state index in [0.717, 1.165) is 25.5 Å². The zero-order chi connectivity index (χ0) is 17.0. The number of carbonyl (C=O) groups excluding carboxylic acids is 2. The normalized spacial score (nSPS) is 14.9. The van der Waals surface area contributed by atoms with E-state index in [9.17, 15) is 19.5 Å². The SMILES string of the molecule is CCCCCC(O)C(CC=O)SCC(N)C(=O)NCC(=O)O. The molecule has 7 nitrogen and oxygen atoms in total. The lowest BCUT2D eigenvalue weighted by Gasteiger charge is -2.22. The number of unbranched alkanes of at least 4 members (excludes halogenated alkanes) is 2. The van der Waals surface area contributed by atoms with Gasteiger partial charge < -0.3 is 26.1 Å². The monoisotopic (exact) mass is 334 g/mol. The van der Waals surface area contributed by atoms with Crippen molar-refractivity contribution in [2.45, 2.75) is 56.4 Å². The quantitative estimate of drug-likeness (QED) is 0.278. The number of carboxylic acids is 1. The van der Waals surface area contributed by atoms with Crippen molar-refractivity contribution in [3.8, 4) is 0 Å². The maximum absolute atomic E-state index is 11.6. The van der Waals surface area contributed by atoms with Crippen LogP contribution in [0.1, 0.15) is 39.0 Å². The van der Waals surface area contributed by atoms with Crippen LogP contribution in [0.5, 0.6) is 0 Å². The van der Waals surface area contributed by atoms with Crippen LogP contribution >= 0.6 is 11.8 Å². The molecule has 0 aliphatic carbocycles. The highest BCUT2D eigenvalue weighted by Crippen LogP contribution is 2.22. The first-order chi connectivity index (χ1) is 10.4. The van der Waals surface area contributed by atoms with Crippen molar-refractivity contribution in [3.63, 3.8) is 0 Å². The van der Waals surface area contributed by atoms with E-state index in [1.54, 1.807) is 0 Å². The van der Waals surface area contributed by atoms with Crippen LogP contribution < -0.4 is 11.1 Å². The van der Waals surface area contributed by atoms with Gasteiger partial charge >= 0.3 is 5.97 Å². The fourth-order valence-electron chi connectivity index (χ4n) is 1.82. The summed E-state index contributed by atoms with van der Waals surface area (Å²) in [7, 11) is 0. The zero-order valence-corrected chi connectivity index (χ0v) is 13.7. The van der Waals surface area contributed by atoms with E-state index >= 15 is 0 Å². The number of nitrogens with two attached hydrogens (primary N) is 1. The number of hydrogen-bond acceptors (Lipinski definition) is 6. The van der Waals surface area contributed by atoms with Gasteiger partial charge in [-0.05, 0) is 6.42 Å². The molecule has 3 atom stereocenters. The third kappa shape index (κ3) is 9.75. The number of nitrogens with one attached hydrogen (secondary N) is 1. The maximum atomic E-state index is 11.6. The number of hydrogen-bond donors (Lipinski definition) is 4. The van der Waals surface area contributed by atoms with Crippen molar-refractivity contribution in [1.29, 1.82) is 0 Å². The minimum absolute atomic E-state index is 0.196. The van der Waals surface area contributed by atoms with E-state index < -0.39 is 30.6 Å². The molecule has 1 amide bonds. The molecule has 0 bridgehead atoms. The van der Waals surface area contributed by atoms with Gasteiger partial charge in [0.05, 0.1) is 12.1 Å². The topological polar surface area (TPSA) is 130 Å². The van der Waals surface area contributed by atoms with Crippen LogP contribution in [0.3, 0.4) is 0 Å². The Balaban J connectivity index is 4.23. The maximum Gasteiger partial charge on any atom is 0.322 e. The molecule has 0 saturated heterocycles. The van der Waals surface area contributed by atoms with E-state index in [4.69, 9.17) is 10.8 Å². The number of thioether (sulfide) groups is 1. The summed E-state index contributed by atoms with van der Waals surface area (Å²) in [6.45, 7) is 1.59. The van der Waals surface area contributed by atoms with Gasteiger partial charge in [0.15, 0.2) is 0 Å². The van der Waals surface area contributed by atoms with Gasteiger partial charge in [-0.3, -0.25) is 9.59 Å². The average molecular weight is 334 g/mol. The van der Waals surface area contributed by atoms with Gasteiger partial charge in [0.2, 0.25) is 5.91 Å². The second-order valence-electron chi connectivity index (χ2n) is 5.06. The predicted molar refractivity (Wildman–Crippen MR) is 85.7 cm³/mol. The lowest BCUT2D eigenvalue weighted by Crippen LogP contribution is -2.44. The molecule has 0 aliphatic rings. The first kappa shape index (κ1) is 20.9. The lowest BCUT2D eigenvalue weighted by molar-refractivity contribution is -0.138. The zero-order valence-electron chi connectivity index (χ0n) is 12.9. The summed E-state index contributed by atoms with van der Waals surface area (Å²) >= 11 is 1.27. The number of aldehydes is 1. The average Bonchev–Trinajstić information content (AvgIpc) is 2.48. The van der Waals surface area contributed by atoms with Crippen molar-refractivity contribution < 1.29 is 24.6 Å². The fraction of sp³-hybridized carbons (Fsp3) is 0.786. The second-order valence-corrected chi connectivity index (χ2v) is 6.33. The smallest absolute Gasteiger partial charge is 0.322 e. The summed E-state index contributed by atoms with van der Waals surface area (Å²) in [5.74, 6) is -1.48. The third-order valence-corrected chi connectivity index (χ3v) is 4.59. The van der Waals surface area contributed by atoms with Crippen molar-refractivity contribution in [3.05, 3.63) is 0 Å². The van der Waals surface area contributed by atoms with Crippen molar-refractivity contribution in [2.75, 3.05) is 12.3 Å². The molecule has 8 heteroatoms. The molecule has 0 saturated carbocycles. The van der Waals surface area contributed by atoms with Crippen LogP contribution in [0.15, 0.2) is 0 Å². The lowest BCUT2D eigenvalue weighted by atomic mass is 10.1.